The van der Waals surface area contributed by atoms with Crippen molar-refractivity contribution in [1.82, 2.24) is 15.1 Å². The zero-order chi connectivity index (χ0) is 21.8. The Bertz CT molecular complexity index is 1070. The molecule has 2 heterocycles. The van der Waals surface area contributed by atoms with Crippen LogP contribution in [0, 0.1) is 5.82 Å². The minimum absolute atomic E-state index is 0.0828. The van der Waals surface area contributed by atoms with Crippen molar-refractivity contribution in [2.75, 3.05) is 49.2 Å². The highest BCUT2D eigenvalue weighted by atomic mass is 35.5. The van der Waals surface area contributed by atoms with Crippen molar-refractivity contribution in [3.05, 3.63) is 53.3 Å². The summed E-state index contributed by atoms with van der Waals surface area (Å²) < 4.78 is 18.9. The quantitative estimate of drug-likeness (QED) is 0.556. The third-order valence-electron chi connectivity index (χ3n) is 4.89. The molecule has 4 rings (SSSR count). The first-order valence-corrected chi connectivity index (χ1v) is 11.1. The standard InChI is InChI=1S/C21H21ClFN5O2S/c1-27-8-10-28(11-9-27)19-16(22)6-3-7-17(19)24-18(29)13-31-21-26-25-20(30-21)14-4-2-5-15(23)12-14/h2-7,12H,8-11,13H2,1H3,(H,24,29). The van der Waals surface area contributed by atoms with Crippen LogP contribution in [0.15, 0.2) is 52.1 Å². The number of amides is 1. The first kappa shape index (κ1) is 21.6. The predicted octanol–water partition coefficient (Wildman–Crippen LogP) is 4.01. The molecule has 0 spiro atoms. The van der Waals surface area contributed by atoms with Gasteiger partial charge in [0.05, 0.1) is 22.2 Å². The summed E-state index contributed by atoms with van der Waals surface area (Å²) in [5.41, 5.74) is 2.00. The Morgan fingerprint density at radius 1 is 1.19 bits per heavy atom. The Labute approximate surface area is 188 Å². The highest BCUT2D eigenvalue weighted by Crippen LogP contribution is 2.35. The number of rotatable bonds is 6. The molecule has 3 aromatic rings. The van der Waals surface area contributed by atoms with Crippen molar-refractivity contribution >= 4 is 40.6 Å². The van der Waals surface area contributed by atoms with Crippen molar-refractivity contribution in [2.24, 2.45) is 0 Å². The van der Waals surface area contributed by atoms with E-state index in [1.165, 1.54) is 12.1 Å². The fourth-order valence-corrected chi connectivity index (χ4v) is 4.14. The van der Waals surface area contributed by atoms with Gasteiger partial charge in [0.25, 0.3) is 5.22 Å². The molecule has 0 atom stereocenters. The summed E-state index contributed by atoms with van der Waals surface area (Å²) in [5.74, 6) is -0.316. The lowest BCUT2D eigenvalue weighted by Gasteiger charge is -2.35. The molecule has 7 nitrogen and oxygen atoms in total. The first-order chi connectivity index (χ1) is 15.0. The van der Waals surface area contributed by atoms with E-state index in [1.807, 2.05) is 18.2 Å². The second kappa shape index (κ2) is 9.67. The maximum Gasteiger partial charge on any atom is 0.277 e. The minimum Gasteiger partial charge on any atom is -0.411 e. The SMILES string of the molecule is CN1CCN(c2c(Cl)cccc2NC(=O)CSc2nnc(-c3cccc(F)c3)o2)CC1. The number of aromatic nitrogens is 2. The molecule has 1 saturated heterocycles. The average molecular weight is 462 g/mol. The molecule has 1 N–H and O–H groups in total. The van der Waals surface area contributed by atoms with Gasteiger partial charge in [-0.2, -0.15) is 0 Å². The topological polar surface area (TPSA) is 74.5 Å². The number of carbonyl (C=O) groups is 1. The van der Waals surface area contributed by atoms with Crippen molar-refractivity contribution < 1.29 is 13.6 Å². The molecule has 2 aromatic carbocycles. The number of halogens is 2. The minimum atomic E-state index is -0.387. The number of nitrogens with zero attached hydrogens (tertiary/aromatic N) is 4. The lowest BCUT2D eigenvalue weighted by Crippen LogP contribution is -2.44. The molecular formula is C21H21ClFN5O2S. The van der Waals surface area contributed by atoms with Gasteiger partial charge in [-0.1, -0.05) is 35.5 Å². The summed E-state index contributed by atoms with van der Waals surface area (Å²) in [6, 6.07) is 11.4. The fraction of sp³-hybridized carbons (Fsp3) is 0.286. The van der Waals surface area contributed by atoms with Crippen LogP contribution in [0.2, 0.25) is 5.02 Å². The van der Waals surface area contributed by atoms with Gasteiger partial charge in [-0.3, -0.25) is 4.79 Å². The predicted molar refractivity (Wildman–Crippen MR) is 120 cm³/mol. The van der Waals surface area contributed by atoms with Crippen LogP contribution in [-0.2, 0) is 4.79 Å². The Morgan fingerprint density at radius 3 is 2.74 bits per heavy atom. The van der Waals surface area contributed by atoms with Gasteiger partial charge < -0.3 is 19.5 Å². The molecule has 1 amide bonds. The van der Waals surface area contributed by atoms with Crippen LogP contribution in [0.4, 0.5) is 15.8 Å². The van der Waals surface area contributed by atoms with Gasteiger partial charge in [0.1, 0.15) is 5.82 Å². The maximum atomic E-state index is 13.4. The molecule has 1 aliphatic heterocycles. The number of benzene rings is 2. The van der Waals surface area contributed by atoms with Crippen LogP contribution < -0.4 is 10.2 Å². The van der Waals surface area contributed by atoms with Crippen LogP contribution in [0.25, 0.3) is 11.5 Å². The Morgan fingerprint density at radius 2 is 1.97 bits per heavy atom. The van der Waals surface area contributed by atoms with Crippen molar-refractivity contribution in [3.63, 3.8) is 0 Å². The van der Waals surface area contributed by atoms with E-state index < -0.39 is 0 Å². The van der Waals surface area contributed by atoms with E-state index in [4.69, 9.17) is 16.0 Å². The second-order valence-corrected chi connectivity index (χ2v) is 8.48. The molecule has 31 heavy (non-hydrogen) atoms. The molecule has 1 aliphatic rings. The fourth-order valence-electron chi connectivity index (χ4n) is 3.29. The Kier molecular flexibility index (Phi) is 6.74. The van der Waals surface area contributed by atoms with Gasteiger partial charge in [-0.15, -0.1) is 10.2 Å². The zero-order valence-corrected chi connectivity index (χ0v) is 18.4. The molecule has 0 aliphatic carbocycles. The number of piperazine rings is 1. The molecule has 0 radical (unpaired) electrons. The molecule has 10 heteroatoms. The van der Waals surface area contributed by atoms with Crippen LogP contribution >= 0.6 is 23.4 Å². The smallest absolute Gasteiger partial charge is 0.277 e. The summed E-state index contributed by atoms with van der Waals surface area (Å²) in [7, 11) is 2.08. The van der Waals surface area contributed by atoms with Gasteiger partial charge >= 0.3 is 0 Å². The van der Waals surface area contributed by atoms with E-state index in [-0.39, 0.29) is 28.6 Å². The Balaban J connectivity index is 1.39. The summed E-state index contributed by atoms with van der Waals surface area (Å²) in [6.07, 6.45) is 0. The molecular weight excluding hydrogens is 441 g/mol. The highest BCUT2D eigenvalue weighted by molar-refractivity contribution is 7.99. The number of hydrogen-bond acceptors (Lipinski definition) is 7. The normalized spacial score (nSPS) is 14.6. The number of likely N-dealkylation sites (N-methyl/N-ethyl adjacent to an activating group) is 1. The van der Waals surface area contributed by atoms with Crippen LogP contribution in [-0.4, -0.2) is 60.0 Å². The number of nitrogens with one attached hydrogen (secondary N) is 1. The summed E-state index contributed by atoms with van der Waals surface area (Å²) >= 11 is 7.57. The van der Waals surface area contributed by atoms with Crippen LogP contribution in [0.5, 0.6) is 0 Å². The molecule has 162 valence electrons. The number of para-hydroxylation sites is 1. The molecule has 0 bridgehead atoms. The third-order valence-corrected chi connectivity index (χ3v) is 6.01. The van der Waals surface area contributed by atoms with Gasteiger partial charge in [0.2, 0.25) is 11.8 Å². The Hall–Kier alpha value is -2.62. The van der Waals surface area contributed by atoms with E-state index in [9.17, 15) is 9.18 Å². The second-order valence-electron chi connectivity index (χ2n) is 7.15. The van der Waals surface area contributed by atoms with Gasteiger partial charge in [-0.25, -0.2) is 4.39 Å². The van der Waals surface area contributed by atoms with Crippen molar-refractivity contribution in [2.45, 2.75) is 5.22 Å². The number of carbonyl (C=O) groups excluding carboxylic acids is 1. The lowest BCUT2D eigenvalue weighted by molar-refractivity contribution is -0.113. The third kappa shape index (κ3) is 5.36. The van der Waals surface area contributed by atoms with E-state index in [2.05, 4.69) is 32.4 Å². The van der Waals surface area contributed by atoms with E-state index in [0.717, 1.165) is 43.6 Å². The van der Waals surface area contributed by atoms with Crippen molar-refractivity contribution in [3.8, 4) is 11.5 Å². The largest absolute Gasteiger partial charge is 0.411 e. The first-order valence-electron chi connectivity index (χ1n) is 9.74. The number of hydrogen-bond donors (Lipinski definition) is 1. The summed E-state index contributed by atoms with van der Waals surface area (Å²) in [5, 5.41) is 11.6. The maximum absolute atomic E-state index is 13.4. The van der Waals surface area contributed by atoms with E-state index >= 15 is 0 Å². The monoisotopic (exact) mass is 461 g/mol. The van der Waals surface area contributed by atoms with Crippen molar-refractivity contribution in [1.29, 1.82) is 0 Å². The lowest BCUT2D eigenvalue weighted by atomic mass is 10.2. The van der Waals surface area contributed by atoms with Gasteiger partial charge in [-0.05, 0) is 37.4 Å². The molecule has 0 unspecified atom stereocenters. The van der Waals surface area contributed by atoms with Crippen LogP contribution in [0.3, 0.4) is 0 Å². The van der Waals surface area contributed by atoms with Gasteiger partial charge in [0.15, 0.2) is 0 Å². The van der Waals surface area contributed by atoms with E-state index in [0.29, 0.717) is 16.3 Å². The average Bonchev–Trinajstić information content (AvgIpc) is 3.23. The molecule has 0 saturated carbocycles. The van der Waals surface area contributed by atoms with Crippen LogP contribution in [0.1, 0.15) is 0 Å². The summed E-state index contributed by atoms with van der Waals surface area (Å²) in [4.78, 5) is 17.0. The molecule has 1 fully saturated rings. The number of thioether (sulfide) groups is 1. The summed E-state index contributed by atoms with van der Waals surface area (Å²) in [6.45, 7) is 3.53. The molecule has 1 aromatic heterocycles. The van der Waals surface area contributed by atoms with E-state index in [1.54, 1.807) is 12.1 Å². The number of anilines is 2. The van der Waals surface area contributed by atoms with Gasteiger partial charge in [0, 0.05) is 31.7 Å². The zero-order valence-electron chi connectivity index (χ0n) is 16.8. The highest BCUT2D eigenvalue weighted by Gasteiger charge is 2.21.